The fourth-order valence-corrected chi connectivity index (χ4v) is 6.89. The van der Waals surface area contributed by atoms with E-state index in [9.17, 15) is 14.4 Å². The number of carbonyl (C=O) groups is 2. The number of allylic oxidation sites excluding steroid dienone is 1. The molecule has 0 N–H and O–H groups in total. The van der Waals surface area contributed by atoms with E-state index in [0.717, 1.165) is 4.47 Å². The number of halogens is 2. The van der Waals surface area contributed by atoms with Gasteiger partial charge in [0.15, 0.2) is 22.9 Å². The summed E-state index contributed by atoms with van der Waals surface area (Å²) in [7, 11) is 1.26. The van der Waals surface area contributed by atoms with Gasteiger partial charge >= 0.3 is 11.9 Å². The first-order valence-corrected chi connectivity index (χ1v) is 15.7. The molecule has 0 fully saturated rings. The smallest absolute Gasteiger partial charge is 0.343 e. The van der Waals surface area contributed by atoms with Gasteiger partial charge in [-0.1, -0.05) is 39.3 Å². The van der Waals surface area contributed by atoms with E-state index in [-0.39, 0.29) is 31.0 Å². The number of methoxy groups -OCH3 is 1. The molecule has 0 spiro atoms. The summed E-state index contributed by atoms with van der Waals surface area (Å²) in [5.41, 5.74) is 1.40. The molecule has 4 rings (SSSR count). The van der Waals surface area contributed by atoms with E-state index in [2.05, 4.69) is 47.5 Å². The van der Waals surface area contributed by atoms with Gasteiger partial charge in [-0.15, -0.1) is 6.42 Å². The summed E-state index contributed by atoms with van der Waals surface area (Å²) in [4.78, 5) is 44.1. The number of thiazole rings is 1. The lowest BCUT2D eigenvalue weighted by Crippen LogP contribution is -2.40. The van der Waals surface area contributed by atoms with Crippen LogP contribution in [0.3, 0.4) is 0 Å². The average molecular weight is 748 g/mol. The van der Waals surface area contributed by atoms with Crippen LogP contribution in [0.1, 0.15) is 37.9 Å². The van der Waals surface area contributed by atoms with Crippen LogP contribution in [-0.2, 0) is 19.1 Å². The van der Waals surface area contributed by atoms with Crippen molar-refractivity contribution in [1.29, 1.82) is 0 Å². The first-order valence-electron chi connectivity index (χ1n) is 13.3. The molecule has 0 radical (unpaired) electrons. The Labute approximate surface area is 274 Å². The van der Waals surface area contributed by atoms with Crippen LogP contribution in [0.15, 0.2) is 60.3 Å². The van der Waals surface area contributed by atoms with Crippen LogP contribution in [0.4, 0.5) is 0 Å². The zero-order valence-electron chi connectivity index (χ0n) is 24.3. The first kappa shape index (κ1) is 33.0. The zero-order valence-corrected chi connectivity index (χ0v) is 28.3. The lowest BCUT2D eigenvalue weighted by molar-refractivity contribution is -0.143. The lowest BCUT2D eigenvalue weighted by atomic mass is 9.95. The van der Waals surface area contributed by atoms with Crippen LogP contribution in [0.5, 0.6) is 17.2 Å². The summed E-state index contributed by atoms with van der Waals surface area (Å²) >= 11 is 8.16. The third-order valence-electron chi connectivity index (χ3n) is 6.30. The maximum absolute atomic E-state index is 14.1. The number of fused-ring (bicyclic) bond motifs is 1. The predicted molar refractivity (Wildman–Crippen MR) is 172 cm³/mol. The van der Waals surface area contributed by atoms with Crippen molar-refractivity contribution in [2.75, 3.05) is 33.5 Å². The van der Waals surface area contributed by atoms with Crippen LogP contribution in [0, 0.1) is 12.3 Å². The standard InChI is InChI=1S/C31H28Br2N2O8S/c1-6-11-42-28-19(12-20(32)15-21(28)33)14-24-29(37)35-27(26(30(38)41-8-3)17(4)34-31(35)44-24)18-9-10-22(23(13-18)40-7-2)43-16-25(36)39-5/h1,9-10,12-15,27H,7-8,11,16H2,2-5H3/b24-14+/t27-/m1/s1. The van der Waals surface area contributed by atoms with Crippen molar-refractivity contribution in [2.24, 2.45) is 4.99 Å². The van der Waals surface area contributed by atoms with Crippen molar-refractivity contribution < 1.29 is 33.3 Å². The number of nitrogens with zero attached hydrogens (tertiary/aromatic N) is 2. The highest BCUT2D eigenvalue weighted by atomic mass is 79.9. The number of hydrogen-bond donors (Lipinski definition) is 0. The van der Waals surface area contributed by atoms with Crippen LogP contribution in [0.2, 0.25) is 0 Å². The molecule has 2 heterocycles. The Balaban J connectivity index is 1.93. The maximum atomic E-state index is 14.1. The van der Waals surface area contributed by atoms with Crippen LogP contribution in [-0.4, -0.2) is 50.0 Å². The largest absolute Gasteiger partial charge is 0.490 e. The molecular weight excluding hydrogens is 720 g/mol. The number of esters is 2. The molecule has 0 bridgehead atoms. The van der Waals surface area contributed by atoms with Gasteiger partial charge < -0.3 is 23.7 Å². The Hall–Kier alpha value is -3.86. The number of ether oxygens (including phenoxy) is 5. The second-order valence-corrected chi connectivity index (χ2v) is 11.9. The van der Waals surface area contributed by atoms with Gasteiger partial charge in [0.2, 0.25) is 0 Å². The van der Waals surface area contributed by atoms with E-state index in [1.54, 1.807) is 45.0 Å². The second kappa shape index (κ2) is 14.7. The normalized spacial score (nSPS) is 14.3. The Morgan fingerprint density at radius 1 is 1.11 bits per heavy atom. The van der Waals surface area contributed by atoms with Crippen molar-refractivity contribution in [3.8, 4) is 29.6 Å². The summed E-state index contributed by atoms with van der Waals surface area (Å²) in [6.45, 7) is 5.35. The Morgan fingerprint density at radius 3 is 2.57 bits per heavy atom. The highest BCUT2D eigenvalue weighted by molar-refractivity contribution is 9.11. The number of terminal acetylenes is 1. The molecule has 1 aromatic heterocycles. The Bertz CT molecular complexity index is 1860. The SMILES string of the molecule is C#CCOc1c(Br)cc(Br)cc1/C=c1/sc2n(c1=O)[C@H](c1ccc(OCC(=O)OC)c(OCC)c1)C(C(=O)OCC)=C(C)N=2. The van der Waals surface area contributed by atoms with Crippen LogP contribution in [0.25, 0.3) is 6.08 Å². The molecule has 10 nitrogen and oxygen atoms in total. The van der Waals surface area contributed by atoms with E-state index in [4.69, 9.17) is 25.4 Å². The number of aromatic nitrogens is 1. The number of benzene rings is 2. The maximum Gasteiger partial charge on any atom is 0.343 e. The molecule has 0 aliphatic carbocycles. The van der Waals surface area contributed by atoms with Gasteiger partial charge in [-0.2, -0.15) is 0 Å². The van der Waals surface area contributed by atoms with Gasteiger partial charge in [0.25, 0.3) is 5.56 Å². The van der Waals surface area contributed by atoms with E-state index in [1.807, 2.05) is 12.1 Å². The summed E-state index contributed by atoms with van der Waals surface area (Å²) in [6, 6.07) is 7.72. The number of rotatable bonds is 11. The third kappa shape index (κ3) is 7.09. The number of carbonyl (C=O) groups excluding carboxylic acids is 2. The topological polar surface area (TPSA) is 115 Å². The van der Waals surface area contributed by atoms with Gasteiger partial charge in [-0.05, 0) is 72.6 Å². The van der Waals surface area contributed by atoms with Crippen LogP contribution >= 0.6 is 43.2 Å². The molecule has 0 unspecified atom stereocenters. The fraction of sp³-hybridized carbons (Fsp3) is 0.290. The van der Waals surface area contributed by atoms with Gasteiger partial charge in [-0.25, -0.2) is 14.6 Å². The molecule has 2 aromatic carbocycles. The molecule has 0 amide bonds. The van der Waals surface area contributed by atoms with Gasteiger partial charge in [-0.3, -0.25) is 9.36 Å². The van der Waals surface area contributed by atoms with E-state index < -0.39 is 18.0 Å². The highest BCUT2D eigenvalue weighted by Gasteiger charge is 2.34. The predicted octanol–water partition coefficient (Wildman–Crippen LogP) is 4.29. The van der Waals surface area contributed by atoms with Gasteiger partial charge in [0.05, 0.1) is 46.6 Å². The fourth-order valence-electron chi connectivity index (χ4n) is 4.48. The molecular formula is C31H28Br2N2O8S. The minimum Gasteiger partial charge on any atom is -0.490 e. The molecule has 1 aliphatic rings. The van der Waals surface area contributed by atoms with Crippen molar-refractivity contribution in [3.63, 3.8) is 0 Å². The van der Waals surface area contributed by atoms with Crippen molar-refractivity contribution in [1.82, 2.24) is 4.57 Å². The third-order valence-corrected chi connectivity index (χ3v) is 8.33. The zero-order chi connectivity index (χ0) is 32.0. The monoisotopic (exact) mass is 746 g/mol. The molecule has 0 saturated heterocycles. The summed E-state index contributed by atoms with van der Waals surface area (Å²) in [5.74, 6) is 2.39. The molecule has 3 aromatic rings. The highest BCUT2D eigenvalue weighted by Crippen LogP contribution is 2.37. The van der Waals surface area contributed by atoms with Crippen molar-refractivity contribution in [2.45, 2.75) is 26.8 Å². The van der Waals surface area contributed by atoms with E-state index >= 15 is 0 Å². The first-order chi connectivity index (χ1) is 21.1. The minimum atomic E-state index is -0.896. The molecule has 0 saturated carbocycles. The van der Waals surface area contributed by atoms with Gasteiger partial charge in [0, 0.05) is 10.0 Å². The molecule has 13 heteroatoms. The molecule has 230 valence electrons. The summed E-state index contributed by atoms with van der Waals surface area (Å²) in [6.07, 6.45) is 7.11. The summed E-state index contributed by atoms with van der Waals surface area (Å²) < 4.78 is 30.5. The van der Waals surface area contributed by atoms with Crippen molar-refractivity contribution in [3.05, 3.63) is 81.4 Å². The summed E-state index contributed by atoms with van der Waals surface area (Å²) in [5, 5.41) is 0. The van der Waals surface area contributed by atoms with E-state index in [0.29, 0.717) is 54.5 Å². The number of hydrogen-bond acceptors (Lipinski definition) is 10. The second-order valence-electron chi connectivity index (χ2n) is 9.11. The molecule has 1 atom stereocenters. The Morgan fingerprint density at radius 2 is 1.89 bits per heavy atom. The van der Waals surface area contributed by atoms with Crippen LogP contribution < -0.4 is 29.1 Å². The lowest BCUT2D eigenvalue weighted by Gasteiger charge is -2.25. The van der Waals surface area contributed by atoms with E-state index in [1.165, 1.54) is 23.0 Å². The minimum absolute atomic E-state index is 0.0337. The molecule has 44 heavy (non-hydrogen) atoms. The van der Waals surface area contributed by atoms with Gasteiger partial charge in [0.1, 0.15) is 12.4 Å². The molecule has 1 aliphatic heterocycles. The average Bonchev–Trinajstić information content (AvgIpc) is 3.29. The van der Waals surface area contributed by atoms with Crippen molar-refractivity contribution >= 4 is 61.2 Å². The quantitative estimate of drug-likeness (QED) is 0.211. The Kier molecular flexibility index (Phi) is 11.1.